The molecule has 46 heavy (non-hydrogen) atoms. The number of hydrogen-bond donors (Lipinski definition) is 1. The van der Waals surface area contributed by atoms with Crippen LogP contribution >= 0.6 is 0 Å². The van der Waals surface area contributed by atoms with E-state index < -0.39 is 0 Å². The number of carbonyl (C=O) groups is 3. The maximum Gasteiger partial charge on any atom is 0.306 e. The first-order valence-corrected chi connectivity index (χ1v) is 18.9. The highest BCUT2D eigenvalue weighted by Crippen LogP contribution is 2.17. The fraction of sp³-hybridized carbons (Fsp3) is 0.821. The van der Waals surface area contributed by atoms with Crippen LogP contribution in [0.5, 0.6) is 0 Å². The van der Waals surface area contributed by atoms with E-state index in [4.69, 9.17) is 19.3 Å². The van der Waals surface area contributed by atoms with Gasteiger partial charge in [0.05, 0.1) is 13.2 Å². The van der Waals surface area contributed by atoms with Crippen molar-refractivity contribution >= 4 is 17.9 Å². The summed E-state index contributed by atoms with van der Waals surface area (Å²) in [4.78, 5) is 36.0. The zero-order chi connectivity index (χ0) is 33.8. The van der Waals surface area contributed by atoms with Crippen LogP contribution in [0, 0.1) is 0 Å². The second-order valence-corrected chi connectivity index (χ2v) is 12.5. The zero-order valence-electron chi connectivity index (χ0n) is 29.8. The molecule has 0 saturated heterocycles. The number of rotatable bonds is 34. The first-order chi connectivity index (χ1) is 22.5. The minimum atomic E-state index is -0.240. The lowest BCUT2D eigenvalue weighted by Gasteiger charge is -2.18. The molecule has 0 spiro atoms. The summed E-state index contributed by atoms with van der Waals surface area (Å²) in [5.41, 5.74) is 0. The smallest absolute Gasteiger partial charge is 0.306 e. The first-order valence-electron chi connectivity index (χ1n) is 18.9. The van der Waals surface area contributed by atoms with E-state index in [1.165, 1.54) is 51.4 Å². The standard InChI is InChI=1S/C39H70O7/c1-3-5-7-9-11-13-15-23-30-37(41)44-34-25-19-17-21-28-36(46-39(43)32-27-33-40)29-22-18-20-26-35-45-38(42)31-24-16-14-12-10-8-6-4-2/h13-16,36,40H,3-12,17-35H2,1-2H3/b15-13+,16-14+. The fourth-order valence-corrected chi connectivity index (χ4v) is 5.15. The van der Waals surface area contributed by atoms with Crippen molar-refractivity contribution in [3.05, 3.63) is 24.3 Å². The number of allylic oxidation sites excluding steroid dienone is 4. The molecular formula is C39H70O7. The largest absolute Gasteiger partial charge is 0.466 e. The highest BCUT2D eigenvalue weighted by Gasteiger charge is 2.14. The minimum Gasteiger partial charge on any atom is -0.466 e. The average molecular weight is 651 g/mol. The second kappa shape index (κ2) is 35.7. The van der Waals surface area contributed by atoms with Crippen LogP contribution in [-0.4, -0.2) is 48.9 Å². The molecule has 0 aliphatic heterocycles. The van der Waals surface area contributed by atoms with Gasteiger partial charge in [-0.1, -0.05) is 102 Å². The summed E-state index contributed by atoms with van der Waals surface area (Å²) in [7, 11) is 0. The molecule has 0 unspecified atom stereocenters. The molecule has 7 heteroatoms. The molecule has 7 nitrogen and oxygen atoms in total. The SMILES string of the molecule is CCCCCC/C=C/CCC(=O)OCCCCCCC(CCCCCCOC(=O)CC/C=C/CCCCCC)OC(=O)CCCO. The molecule has 0 radical (unpaired) electrons. The Morgan fingerprint density at radius 1 is 0.500 bits per heavy atom. The van der Waals surface area contributed by atoms with Crippen molar-refractivity contribution in [2.75, 3.05) is 19.8 Å². The van der Waals surface area contributed by atoms with Gasteiger partial charge in [-0.2, -0.15) is 0 Å². The van der Waals surface area contributed by atoms with Crippen LogP contribution < -0.4 is 0 Å². The van der Waals surface area contributed by atoms with Gasteiger partial charge in [-0.25, -0.2) is 0 Å². The third-order valence-electron chi connectivity index (χ3n) is 8.02. The Labute approximate surface area is 282 Å². The second-order valence-electron chi connectivity index (χ2n) is 12.5. The molecule has 0 rings (SSSR count). The molecule has 0 aromatic heterocycles. The Balaban J connectivity index is 3.98. The lowest BCUT2D eigenvalue weighted by atomic mass is 10.0. The zero-order valence-corrected chi connectivity index (χ0v) is 29.8. The minimum absolute atomic E-state index is 0.0133. The van der Waals surface area contributed by atoms with Gasteiger partial charge in [-0.15, -0.1) is 0 Å². The monoisotopic (exact) mass is 651 g/mol. The molecule has 0 bridgehead atoms. The van der Waals surface area contributed by atoms with E-state index in [-0.39, 0.29) is 37.0 Å². The molecule has 268 valence electrons. The van der Waals surface area contributed by atoms with Crippen LogP contribution in [0.1, 0.15) is 181 Å². The predicted molar refractivity (Wildman–Crippen MR) is 189 cm³/mol. The maximum atomic E-state index is 12.2. The summed E-state index contributed by atoms with van der Waals surface area (Å²) in [6.07, 6.45) is 32.9. The van der Waals surface area contributed by atoms with E-state index in [1.807, 2.05) is 0 Å². The highest BCUT2D eigenvalue weighted by molar-refractivity contribution is 5.70. The van der Waals surface area contributed by atoms with Gasteiger partial charge >= 0.3 is 17.9 Å². The van der Waals surface area contributed by atoms with Gasteiger partial charge in [0.2, 0.25) is 0 Å². The van der Waals surface area contributed by atoms with E-state index in [0.717, 1.165) is 89.9 Å². The Morgan fingerprint density at radius 3 is 1.39 bits per heavy atom. The Hall–Kier alpha value is -2.15. The topological polar surface area (TPSA) is 99.1 Å². The van der Waals surface area contributed by atoms with Crippen LogP contribution in [0.4, 0.5) is 0 Å². The Bertz CT molecular complexity index is 709. The van der Waals surface area contributed by atoms with Gasteiger partial charge in [-0.05, 0) is 83.5 Å². The molecule has 0 fully saturated rings. The molecule has 0 amide bonds. The molecule has 0 aliphatic rings. The number of esters is 3. The third-order valence-corrected chi connectivity index (χ3v) is 8.02. The number of ether oxygens (including phenoxy) is 3. The maximum absolute atomic E-state index is 12.2. The van der Waals surface area contributed by atoms with Crippen molar-refractivity contribution in [2.45, 2.75) is 187 Å². The van der Waals surface area contributed by atoms with Crippen LogP contribution in [-0.2, 0) is 28.6 Å². The van der Waals surface area contributed by atoms with E-state index >= 15 is 0 Å². The molecule has 0 atom stereocenters. The highest BCUT2D eigenvalue weighted by atomic mass is 16.5. The summed E-state index contributed by atoms with van der Waals surface area (Å²) < 4.78 is 16.5. The van der Waals surface area contributed by atoms with E-state index in [0.29, 0.717) is 32.5 Å². The van der Waals surface area contributed by atoms with Crippen molar-refractivity contribution in [3.8, 4) is 0 Å². The molecule has 1 N–H and O–H groups in total. The molecule has 0 aromatic carbocycles. The summed E-state index contributed by atoms with van der Waals surface area (Å²) in [6.45, 7) is 5.34. The lowest BCUT2D eigenvalue weighted by Crippen LogP contribution is -2.18. The van der Waals surface area contributed by atoms with Gasteiger partial charge in [0.1, 0.15) is 6.10 Å². The Kier molecular flexibility index (Phi) is 34.0. The molecule has 0 saturated carbocycles. The average Bonchev–Trinajstić information content (AvgIpc) is 3.05. The van der Waals surface area contributed by atoms with E-state index in [2.05, 4.69) is 38.2 Å². The number of aliphatic hydroxyl groups excluding tert-OH is 1. The number of unbranched alkanes of at least 4 members (excludes halogenated alkanes) is 14. The van der Waals surface area contributed by atoms with Gasteiger partial charge in [-0.3, -0.25) is 14.4 Å². The third kappa shape index (κ3) is 33.2. The fourth-order valence-electron chi connectivity index (χ4n) is 5.15. The van der Waals surface area contributed by atoms with Crippen molar-refractivity contribution in [2.24, 2.45) is 0 Å². The first kappa shape index (κ1) is 43.9. The van der Waals surface area contributed by atoms with Gasteiger partial charge < -0.3 is 19.3 Å². The normalized spacial score (nSPS) is 11.6. The summed E-state index contributed by atoms with van der Waals surface area (Å²) in [5.74, 6) is -0.490. The van der Waals surface area contributed by atoms with Crippen molar-refractivity contribution in [1.82, 2.24) is 0 Å². The van der Waals surface area contributed by atoms with E-state index in [9.17, 15) is 14.4 Å². The predicted octanol–water partition coefficient (Wildman–Crippen LogP) is 10.3. The summed E-state index contributed by atoms with van der Waals surface area (Å²) in [5, 5.41) is 9.02. The Morgan fingerprint density at radius 2 is 0.935 bits per heavy atom. The quantitative estimate of drug-likeness (QED) is 0.0320. The summed E-state index contributed by atoms with van der Waals surface area (Å²) >= 11 is 0. The lowest BCUT2D eigenvalue weighted by molar-refractivity contribution is -0.150. The van der Waals surface area contributed by atoms with Crippen LogP contribution in [0.2, 0.25) is 0 Å². The van der Waals surface area contributed by atoms with Crippen molar-refractivity contribution < 1.29 is 33.7 Å². The molecule has 0 aromatic rings. The van der Waals surface area contributed by atoms with Gasteiger partial charge in [0.25, 0.3) is 0 Å². The molecule has 0 aliphatic carbocycles. The number of aliphatic hydroxyl groups is 1. The van der Waals surface area contributed by atoms with Crippen LogP contribution in [0.3, 0.4) is 0 Å². The van der Waals surface area contributed by atoms with Crippen LogP contribution in [0.15, 0.2) is 24.3 Å². The van der Waals surface area contributed by atoms with E-state index in [1.54, 1.807) is 0 Å². The summed E-state index contributed by atoms with van der Waals surface area (Å²) in [6, 6.07) is 0. The van der Waals surface area contributed by atoms with Gasteiger partial charge in [0.15, 0.2) is 0 Å². The number of carbonyl (C=O) groups excluding carboxylic acids is 3. The van der Waals surface area contributed by atoms with Crippen molar-refractivity contribution in [3.63, 3.8) is 0 Å². The number of hydrogen-bond acceptors (Lipinski definition) is 7. The van der Waals surface area contributed by atoms with Crippen molar-refractivity contribution in [1.29, 1.82) is 0 Å². The van der Waals surface area contributed by atoms with Crippen LogP contribution in [0.25, 0.3) is 0 Å². The molecular weight excluding hydrogens is 580 g/mol. The van der Waals surface area contributed by atoms with Gasteiger partial charge in [0, 0.05) is 25.9 Å². The molecule has 0 heterocycles.